The van der Waals surface area contributed by atoms with Crippen LogP contribution in [0.5, 0.6) is 5.75 Å². The molecule has 1 aromatic carbocycles. The van der Waals surface area contributed by atoms with Gasteiger partial charge in [0.15, 0.2) is 5.82 Å². The van der Waals surface area contributed by atoms with Gasteiger partial charge in [-0.2, -0.15) is 0 Å². The van der Waals surface area contributed by atoms with Crippen LogP contribution < -0.4 is 15.7 Å². The highest BCUT2D eigenvalue weighted by Gasteiger charge is 2.37. The van der Waals surface area contributed by atoms with Gasteiger partial charge in [0.1, 0.15) is 5.75 Å². The number of carbonyl (C=O) groups excluding carboxylic acids is 1. The quantitative estimate of drug-likeness (QED) is 0.427. The first-order chi connectivity index (χ1) is 12.5. The molecule has 2 heterocycles. The van der Waals surface area contributed by atoms with E-state index < -0.39 is 24.9 Å². The summed E-state index contributed by atoms with van der Waals surface area (Å²) in [6.07, 6.45) is 0.148. The number of rotatable bonds is 6. The molecule has 0 aliphatic carbocycles. The number of fused-ring (bicyclic) bond motifs is 1. The van der Waals surface area contributed by atoms with Gasteiger partial charge in [-0.05, 0) is 28.5 Å². The lowest BCUT2D eigenvalue weighted by Gasteiger charge is -2.28. The summed E-state index contributed by atoms with van der Waals surface area (Å²) >= 11 is 0. The van der Waals surface area contributed by atoms with Gasteiger partial charge in [0.2, 0.25) is 5.91 Å². The SMILES string of the molecule is NCCn1nnnc1CC(=O)N[C@H]1Cc2cccc(C(=O)O)c2OB1O. The topological polar surface area (TPSA) is 165 Å². The fraction of sp³-hybridized carbons (Fsp3) is 0.357. The smallest absolute Gasteiger partial charge is 0.534 e. The summed E-state index contributed by atoms with van der Waals surface area (Å²) in [6, 6.07) is 4.67. The molecule has 3 rings (SSSR count). The van der Waals surface area contributed by atoms with Crippen LogP contribution >= 0.6 is 0 Å². The number of carboxylic acid groups (broad SMARTS) is 1. The van der Waals surface area contributed by atoms with Crippen LogP contribution in [-0.4, -0.2) is 61.8 Å². The van der Waals surface area contributed by atoms with E-state index in [2.05, 4.69) is 20.8 Å². The second kappa shape index (κ2) is 7.50. The second-order valence-corrected chi connectivity index (χ2v) is 5.77. The van der Waals surface area contributed by atoms with Crippen molar-refractivity contribution in [2.24, 2.45) is 5.73 Å². The Morgan fingerprint density at radius 1 is 1.46 bits per heavy atom. The fourth-order valence-electron chi connectivity index (χ4n) is 2.76. The number of nitrogens with two attached hydrogens (primary N) is 1. The number of carboxylic acids is 1. The van der Waals surface area contributed by atoms with E-state index >= 15 is 0 Å². The zero-order chi connectivity index (χ0) is 18.7. The van der Waals surface area contributed by atoms with Crippen molar-refractivity contribution in [2.75, 3.05) is 6.54 Å². The second-order valence-electron chi connectivity index (χ2n) is 5.77. The predicted molar refractivity (Wildman–Crippen MR) is 88.2 cm³/mol. The molecule has 1 atom stereocenters. The van der Waals surface area contributed by atoms with Crippen molar-refractivity contribution in [3.05, 3.63) is 35.2 Å². The highest BCUT2D eigenvalue weighted by atomic mass is 16.5. The maximum absolute atomic E-state index is 12.3. The van der Waals surface area contributed by atoms with E-state index in [1.54, 1.807) is 12.1 Å². The number of amides is 1. The lowest BCUT2D eigenvalue weighted by atomic mass is 9.72. The van der Waals surface area contributed by atoms with Gasteiger partial charge in [-0.15, -0.1) is 5.10 Å². The van der Waals surface area contributed by atoms with Crippen LogP contribution in [0.4, 0.5) is 0 Å². The molecular weight excluding hydrogens is 343 g/mol. The monoisotopic (exact) mass is 360 g/mol. The highest BCUT2D eigenvalue weighted by molar-refractivity contribution is 6.47. The number of aromatic carboxylic acids is 1. The molecule has 1 aliphatic rings. The van der Waals surface area contributed by atoms with E-state index in [0.29, 0.717) is 24.5 Å². The van der Waals surface area contributed by atoms with Crippen LogP contribution in [-0.2, 0) is 24.2 Å². The molecule has 1 aromatic heterocycles. The zero-order valence-electron chi connectivity index (χ0n) is 13.7. The van der Waals surface area contributed by atoms with Gasteiger partial charge >= 0.3 is 13.1 Å². The van der Waals surface area contributed by atoms with E-state index in [1.165, 1.54) is 10.7 Å². The van der Waals surface area contributed by atoms with Gasteiger partial charge in [0.25, 0.3) is 0 Å². The van der Waals surface area contributed by atoms with Crippen LogP contribution in [0.3, 0.4) is 0 Å². The molecule has 1 aliphatic heterocycles. The van der Waals surface area contributed by atoms with E-state index in [4.69, 9.17) is 10.4 Å². The zero-order valence-corrected chi connectivity index (χ0v) is 13.7. The van der Waals surface area contributed by atoms with Gasteiger partial charge in [-0.25, -0.2) is 9.48 Å². The summed E-state index contributed by atoms with van der Waals surface area (Å²) in [5.41, 5.74) is 6.01. The number of benzene rings is 1. The molecule has 0 bridgehead atoms. The molecule has 12 heteroatoms. The minimum Gasteiger partial charge on any atom is -0.534 e. The minimum atomic E-state index is -1.37. The van der Waals surface area contributed by atoms with Gasteiger partial charge < -0.3 is 25.8 Å². The number of aromatic nitrogens is 4. The highest BCUT2D eigenvalue weighted by Crippen LogP contribution is 2.30. The largest absolute Gasteiger partial charge is 0.547 e. The van der Waals surface area contributed by atoms with Crippen molar-refractivity contribution >= 4 is 19.0 Å². The molecule has 0 fully saturated rings. The molecule has 0 saturated heterocycles. The standard InChI is InChI=1S/C14H17BN6O5/c16-4-5-21-11(18-19-20-21)7-12(22)17-10-6-8-2-1-3-9(14(23)24)13(8)26-15(10)25/h1-3,10,25H,4-7,16H2,(H,17,22)(H,23,24)/t10-/m0/s1. The normalized spacial score (nSPS) is 15.9. The third-order valence-corrected chi connectivity index (χ3v) is 3.96. The van der Waals surface area contributed by atoms with Gasteiger partial charge in [-0.3, -0.25) is 4.79 Å². The summed E-state index contributed by atoms with van der Waals surface area (Å²) in [4.78, 5) is 23.5. The molecule has 1 amide bonds. The van der Waals surface area contributed by atoms with Crippen molar-refractivity contribution in [1.82, 2.24) is 25.5 Å². The number of para-hydroxylation sites is 1. The number of tetrazole rings is 1. The Labute approximate surface area is 148 Å². The molecule has 2 aromatic rings. The maximum Gasteiger partial charge on any atom is 0.547 e. The third kappa shape index (κ3) is 3.65. The Morgan fingerprint density at radius 3 is 3.00 bits per heavy atom. The van der Waals surface area contributed by atoms with Crippen LogP contribution in [0.25, 0.3) is 0 Å². The summed E-state index contributed by atoms with van der Waals surface area (Å²) < 4.78 is 6.77. The number of carbonyl (C=O) groups is 2. The van der Waals surface area contributed by atoms with Crippen molar-refractivity contribution in [3.8, 4) is 5.75 Å². The Kier molecular flexibility index (Phi) is 5.14. The van der Waals surface area contributed by atoms with Gasteiger partial charge in [-0.1, -0.05) is 12.1 Å². The Balaban J connectivity index is 1.69. The maximum atomic E-state index is 12.3. The number of hydrogen-bond donors (Lipinski definition) is 4. The van der Waals surface area contributed by atoms with Gasteiger partial charge in [0.05, 0.1) is 24.5 Å². The van der Waals surface area contributed by atoms with Crippen molar-refractivity contribution < 1.29 is 24.4 Å². The Morgan fingerprint density at radius 2 is 2.27 bits per heavy atom. The first kappa shape index (κ1) is 17.8. The first-order valence-electron chi connectivity index (χ1n) is 7.94. The molecule has 0 unspecified atom stereocenters. The molecule has 0 radical (unpaired) electrons. The number of nitrogens with zero attached hydrogens (tertiary/aromatic N) is 4. The molecule has 11 nitrogen and oxygen atoms in total. The fourth-order valence-corrected chi connectivity index (χ4v) is 2.76. The van der Waals surface area contributed by atoms with Crippen molar-refractivity contribution in [3.63, 3.8) is 0 Å². The van der Waals surface area contributed by atoms with E-state index in [0.717, 1.165) is 0 Å². The van der Waals surface area contributed by atoms with E-state index in [1.807, 2.05) is 0 Å². The molecule has 136 valence electrons. The average molecular weight is 360 g/mol. The molecule has 0 saturated carbocycles. The van der Waals surface area contributed by atoms with Crippen LogP contribution in [0.2, 0.25) is 0 Å². The Hall–Kier alpha value is -2.99. The summed E-state index contributed by atoms with van der Waals surface area (Å²) in [6.45, 7) is 0.716. The van der Waals surface area contributed by atoms with Crippen molar-refractivity contribution in [1.29, 1.82) is 0 Å². The summed E-state index contributed by atoms with van der Waals surface area (Å²) in [5.74, 6) is -1.80. The van der Waals surface area contributed by atoms with Gasteiger partial charge in [0, 0.05) is 6.54 Å². The molecular formula is C14H17BN6O5. The lowest BCUT2D eigenvalue weighted by molar-refractivity contribution is -0.121. The summed E-state index contributed by atoms with van der Waals surface area (Å²) in [5, 5.41) is 33.0. The molecule has 26 heavy (non-hydrogen) atoms. The number of nitrogens with one attached hydrogen (secondary N) is 1. The predicted octanol–water partition coefficient (Wildman–Crippen LogP) is -1.99. The van der Waals surface area contributed by atoms with Crippen LogP contribution in [0, 0.1) is 0 Å². The van der Waals surface area contributed by atoms with E-state index in [-0.39, 0.29) is 24.2 Å². The Bertz CT molecular complexity index is 828. The summed E-state index contributed by atoms with van der Waals surface area (Å²) in [7, 11) is -1.37. The van der Waals surface area contributed by atoms with Crippen LogP contribution in [0.15, 0.2) is 18.2 Å². The average Bonchev–Trinajstić information content (AvgIpc) is 3.02. The van der Waals surface area contributed by atoms with Crippen LogP contribution in [0.1, 0.15) is 21.7 Å². The van der Waals surface area contributed by atoms with E-state index in [9.17, 15) is 19.7 Å². The lowest BCUT2D eigenvalue weighted by Crippen LogP contribution is -2.53. The third-order valence-electron chi connectivity index (χ3n) is 3.96. The number of hydrogen-bond acceptors (Lipinski definition) is 8. The molecule has 5 N–H and O–H groups in total. The van der Waals surface area contributed by atoms with Crippen molar-refractivity contribution in [2.45, 2.75) is 25.3 Å². The first-order valence-corrected chi connectivity index (χ1v) is 7.94. The molecule has 0 spiro atoms. The minimum absolute atomic E-state index is 0.0349.